The minimum Gasteiger partial charge on any atom is -0.462 e. The summed E-state index contributed by atoms with van der Waals surface area (Å²) in [5.74, 6) is -0.122. The van der Waals surface area contributed by atoms with Crippen molar-refractivity contribution in [3.05, 3.63) is 75.6 Å². The van der Waals surface area contributed by atoms with Crippen molar-refractivity contribution in [2.75, 3.05) is 47.9 Å². The molecule has 1 aliphatic rings. The first-order chi connectivity index (χ1) is 16.9. The molecule has 0 spiro atoms. The van der Waals surface area contributed by atoms with Gasteiger partial charge in [0.15, 0.2) is 0 Å². The molecule has 182 valence electrons. The number of aromatic nitrogens is 2. The molecule has 1 N–H and O–H groups in total. The predicted octanol–water partition coefficient (Wildman–Crippen LogP) is 4.25. The zero-order valence-electron chi connectivity index (χ0n) is 20.0. The smallest absolute Gasteiger partial charge is 0.353 e. The molecule has 0 atom stereocenters. The standard InChI is InChI=1S/C25H28N6O4/c1-4-35-25(32)19-8-6-9-20(15-19)28-23-22(31(33)34)24(27-16-26-23)30-13-11-29(12-14-30)21-10-5-7-17(2)18(21)3/h5-10,15-16H,4,11-14H2,1-3H3,(H,26,27,28). The summed E-state index contributed by atoms with van der Waals surface area (Å²) >= 11 is 0. The average molecular weight is 477 g/mol. The van der Waals surface area contributed by atoms with Crippen LogP contribution in [-0.4, -0.2) is 53.6 Å². The maximum absolute atomic E-state index is 12.1. The van der Waals surface area contributed by atoms with Gasteiger partial charge in [0.25, 0.3) is 0 Å². The summed E-state index contributed by atoms with van der Waals surface area (Å²) in [6.07, 6.45) is 1.32. The summed E-state index contributed by atoms with van der Waals surface area (Å²) in [6.45, 7) is 8.80. The van der Waals surface area contributed by atoms with Crippen LogP contribution >= 0.6 is 0 Å². The molecule has 4 rings (SSSR count). The van der Waals surface area contributed by atoms with Crippen LogP contribution in [0.4, 0.5) is 28.7 Å². The van der Waals surface area contributed by atoms with Crippen molar-refractivity contribution in [2.24, 2.45) is 0 Å². The second kappa shape index (κ2) is 10.4. The number of nitro groups is 1. The number of esters is 1. The molecule has 0 bridgehead atoms. The van der Waals surface area contributed by atoms with Crippen LogP contribution < -0.4 is 15.1 Å². The molecule has 1 saturated heterocycles. The lowest BCUT2D eigenvalue weighted by Gasteiger charge is -2.37. The molecule has 35 heavy (non-hydrogen) atoms. The monoisotopic (exact) mass is 476 g/mol. The summed E-state index contributed by atoms with van der Waals surface area (Å²) in [7, 11) is 0. The van der Waals surface area contributed by atoms with Crippen LogP contribution in [0.2, 0.25) is 0 Å². The van der Waals surface area contributed by atoms with E-state index in [1.165, 1.54) is 23.1 Å². The number of aryl methyl sites for hydroxylation is 1. The average Bonchev–Trinajstić information content (AvgIpc) is 2.86. The summed E-state index contributed by atoms with van der Waals surface area (Å²) in [4.78, 5) is 36.3. The van der Waals surface area contributed by atoms with Gasteiger partial charge < -0.3 is 19.9 Å². The molecule has 10 heteroatoms. The number of anilines is 4. The highest BCUT2D eigenvalue weighted by Crippen LogP contribution is 2.35. The van der Waals surface area contributed by atoms with E-state index in [1.807, 2.05) is 11.0 Å². The van der Waals surface area contributed by atoms with Crippen LogP contribution in [-0.2, 0) is 4.74 Å². The van der Waals surface area contributed by atoms with E-state index in [1.54, 1.807) is 31.2 Å². The molecule has 1 fully saturated rings. The van der Waals surface area contributed by atoms with Crippen LogP contribution in [0, 0.1) is 24.0 Å². The van der Waals surface area contributed by atoms with Crippen molar-refractivity contribution in [1.82, 2.24) is 9.97 Å². The number of carbonyl (C=O) groups is 1. The van der Waals surface area contributed by atoms with Crippen LogP contribution in [0.3, 0.4) is 0 Å². The quantitative estimate of drug-likeness (QED) is 0.304. The molecule has 0 unspecified atom stereocenters. The highest BCUT2D eigenvalue weighted by Gasteiger charge is 2.30. The minimum absolute atomic E-state index is 0.0676. The first kappa shape index (κ1) is 23.9. The molecule has 1 aromatic heterocycles. The molecule has 0 amide bonds. The zero-order chi connectivity index (χ0) is 24.9. The Morgan fingerprint density at radius 2 is 1.80 bits per heavy atom. The predicted molar refractivity (Wildman–Crippen MR) is 135 cm³/mol. The Morgan fingerprint density at radius 1 is 1.09 bits per heavy atom. The van der Waals surface area contributed by atoms with Gasteiger partial charge in [-0.15, -0.1) is 0 Å². The molecule has 10 nitrogen and oxygen atoms in total. The summed E-state index contributed by atoms with van der Waals surface area (Å²) in [5, 5.41) is 15.1. The van der Waals surface area contributed by atoms with E-state index in [4.69, 9.17) is 4.74 Å². The maximum atomic E-state index is 12.1. The largest absolute Gasteiger partial charge is 0.462 e. The summed E-state index contributed by atoms with van der Waals surface area (Å²) in [5.41, 5.74) is 4.30. The van der Waals surface area contributed by atoms with Gasteiger partial charge >= 0.3 is 11.7 Å². The van der Waals surface area contributed by atoms with Gasteiger partial charge in [0.05, 0.1) is 17.1 Å². The number of piperazine rings is 1. The number of ether oxygens (including phenoxy) is 1. The second-order valence-electron chi connectivity index (χ2n) is 8.27. The normalized spacial score (nSPS) is 13.5. The maximum Gasteiger partial charge on any atom is 0.353 e. The third-order valence-corrected chi connectivity index (χ3v) is 6.12. The number of rotatable bonds is 7. The van der Waals surface area contributed by atoms with Crippen LogP contribution in [0.1, 0.15) is 28.4 Å². The van der Waals surface area contributed by atoms with Crippen LogP contribution in [0.5, 0.6) is 0 Å². The number of hydrogen-bond acceptors (Lipinski definition) is 9. The third-order valence-electron chi connectivity index (χ3n) is 6.12. The summed E-state index contributed by atoms with van der Waals surface area (Å²) in [6, 6.07) is 12.8. The van der Waals surface area contributed by atoms with E-state index in [0.717, 1.165) is 13.1 Å². The van der Waals surface area contributed by atoms with E-state index < -0.39 is 10.9 Å². The molecular formula is C25H28N6O4. The number of nitrogens with one attached hydrogen (secondary N) is 1. The van der Waals surface area contributed by atoms with E-state index in [9.17, 15) is 14.9 Å². The first-order valence-electron chi connectivity index (χ1n) is 11.5. The van der Waals surface area contributed by atoms with Gasteiger partial charge in [0.1, 0.15) is 6.33 Å². The highest BCUT2D eigenvalue weighted by molar-refractivity contribution is 5.91. The van der Waals surface area contributed by atoms with Crippen molar-refractivity contribution in [1.29, 1.82) is 0 Å². The number of carbonyl (C=O) groups excluding carboxylic acids is 1. The lowest BCUT2D eigenvalue weighted by molar-refractivity contribution is -0.383. The van der Waals surface area contributed by atoms with Gasteiger partial charge in [-0.05, 0) is 56.2 Å². The van der Waals surface area contributed by atoms with Gasteiger partial charge in [0, 0.05) is 37.6 Å². The Hall–Kier alpha value is -4.21. The fourth-order valence-corrected chi connectivity index (χ4v) is 4.17. The van der Waals surface area contributed by atoms with E-state index >= 15 is 0 Å². The molecule has 1 aliphatic heterocycles. The van der Waals surface area contributed by atoms with Crippen molar-refractivity contribution in [3.8, 4) is 0 Å². The fourth-order valence-electron chi connectivity index (χ4n) is 4.17. The third kappa shape index (κ3) is 5.16. The first-order valence-corrected chi connectivity index (χ1v) is 11.5. The van der Waals surface area contributed by atoms with Crippen LogP contribution in [0.25, 0.3) is 0 Å². The Balaban J connectivity index is 1.56. The van der Waals surface area contributed by atoms with Crippen molar-refractivity contribution in [2.45, 2.75) is 20.8 Å². The number of benzene rings is 2. The molecule has 0 saturated carbocycles. The van der Waals surface area contributed by atoms with Gasteiger partial charge in [-0.2, -0.15) is 0 Å². The van der Waals surface area contributed by atoms with Crippen molar-refractivity contribution >= 4 is 34.7 Å². The SMILES string of the molecule is CCOC(=O)c1cccc(Nc2ncnc(N3CCN(c4cccc(C)c4C)CC3)c2[N+](=O)[O-])c1. The Bertz CT molecular complexity index is 1240. The molecule has 3 aromatic rings. The van der Waals surface area contributed by atoms with Gasteiger partial charge in [-0.3, -0.25) is 10.1 Å². The van der Waals surface area contributed by atoms with Crippen molar-refractivity contribution in [3.63, 3.8) is 0 Å². The Morgan fingerprint density at radius 3 is 2.51 bits per heavy atom. The van der Waals surface area contributed by atoms with Crippen LogP contribution in [0.15, 0.2) is 48.8 Å². The molecule has 0 radical (unpaired) electrons. The highest BCUT2D eigenvalue weighted by atomic mass is 16.6. The van der Waals surface area contributed by atoms with Gasteiger partial charge in [-0.1, -0.05) is 18.2 Å². The molecular weight excluding hydrogens is 448 g/mol. The van der Waals surface area contributed by atoms with Gasteiger partial charge in [-0.25, -0.2) is 14.8 Å². The van der Waals surface area contributed by atoms with E-state index in [0.29, 0.717) is 24.3 Å². The lowest BCUT2D eigenvalue weighted by Crippen LogP contribution is -2.47. The van der Waals surface area contributed by atoms with E-state index in [-0.39, 0.29) is 23.9 Å². The summed E-state index contributed by atoms with van der Waals surface area (Å²) < 4.78 is 5.04. The number of nitrogens with zero attached hydrogens (tertiary/aromatic N) is 5. The minimum atomic E-state index is -0.468. The van der Waals surface area contributed by atoms with E-state index in [2.05, 4.69) is 46.2 Å². The topological polar surface area (TPSA) is 114 Å². The van der Waals surface area contributed by atoms with Crippen molar-refractivity contribution < 1.29 is 14.5 Å². The lowest BCUT2D eigenvalue weighted by atomic mass is 10.1. The Kier molecular flexibility index (Phi) is 7.09. The fraction of sp³-hybridized carbons (Fsp3) is 0.320. The number of hydrogen-bond donors (Lipinski definition) is 1. The van der Waals surface area contributed by atoms with Gasteiger partial charge in [0.2, 0.25) is 11.6 Å². The zero-order valence-corrected chi connectivity index (χ0v) is 20.0. The molecule has 2 heterocycles. The molecule has 0 aliphatic carbocycles. The molecule has 2 aromatic carbocycles. The Labute approximate surface area is 203 Å². The second-order valence-corrected chi connectivity index (χ2v) is 8.27.